The van der Waals surface area contributed by atoms with E-state index in [1.54, 1.807) is 0 Å². The number of piperidine rings is 1. The lowest BCUT2D eigenvalue weighted by molar-refractivity contribution is 0.0726. The Balaban J connectivity index is 2.51. The molecular formula is C16H34N2O. The second-order valence-corrected chi connectivity index (χ2v) is 6.31. The van der Waals surface area contributed by atoms with E-state index in [2.05, 4.69) is 31.0 Å². The van der Waals surface area contributed by atoms with Crippen LogP contribution in [-0.4, -0.2) is 49.3 Å². The lowest BCUT2D eigenvalue weighted by Gasteiger charge is -2.41. The van der Waals surface area contributed by atoms with Gasteiger partial charge in [-0.2, -0.15) is 0 Å². The lowest BCUT2D eigenvalue weighted by Crippen LogP contribution is -2.47. The van der Waals surface area contributed by atoms with Crippen molar-refractivity contribution in [2.24, 2.45) is 11.3 Å². The van der Waals surface area contributed by atoms with Crippen molar-refractivity contribution in [3.8, 4) is 0 Å². The summed E-state index contributed by atoms with van der Waals surface area (Å²) in [7, 11) is 0. The number of aliphatic hydroxyl groups is 1. The summed E-state index contributed by atoms with van der Waals surface area (Å²) in [5.74, 6) is 0.503. The molecule has 1 unspecified atom stereocenters. The molecule has 0 aliphatic carbocycles. The third kappa shape index (κ3) is 5.41. The van der Waals surface area contributed by atoms with Gasteiger partial charge in [-0.15, -0.1) is 0 Å². The molecule has 0 saturated carbocycles. The molecule has 19 heavy (non-hydrogen) atoms. The Kier molecular flexibility index (Phi) is 7.96. The molecule has 0 aromatic carbocycles. The Morgan fingerprint density at radius 2 is 2.00 bits per heavy atom. The molecule has 0 bridgehead atoms. The topological polar surface area (TPSA) is 35.5 Å². The van der Waals surface area contributed by atoms with Gasteiger partial charge in [0.2, 0.25) is 0 Å². The zero-order chi connectivity index (χ0) is 14.1. The van der Waals surface area contributed by atoms with E-state index in [1.165, 1.54) is 45.2 Å². The molecule has 1 aliphatic rings. The largest absolute Gasteiger partial charge is 0.396 e. The molecule has 0 radical (unpaired) electrons. The van der Waals surface area contributed by atoms with E-state index in [0.717, 1.165) is 19.6 Å². The van der Waals surface area contributed by atoms with E-state index < -0.39 is 0 Å². The smallest absolute Gasteiger partial charge is 0.0471 e. The molecule has 1 fully saturated rings. The van der Waals surface area contributed by atoms with Crippen molar-refractivity contribution in [3.63, 3.8) is 0 Å². The van der Waals surface area contributed by atoms with Crippen LogP contribution in [-0.2, 0) is 0 Å². The van der Waals surface area contributed by atoms with Gasteiger partial charge in [-0.1, -0.05) is 20.8 Å². The first kappa shape index (κ1) is 16.9. The minimum absolute atomic E-state index is 0.357. The van der Waals surface area contributed by atoms with Crippen LogP contribution >= 0.6 is 0 Å². The van der Waals surface area contributed by atoms with Gasteiger partial charge >= 0.3 is 0 Å². The van der Waals surface area contributed by atoms with Crippen LogP contribution in [0, 0.1) is 11.3 Å². The number of nitrogens with one attached hydrogen (secondary N) is 1. The molecule has 1 aliphatic heterocycles. The van der Waals surface area contributed by atoms with Crippen LogP contribution in [0.1, 0.15) is 52.9 Å². The van der Waals surface area contributed by atoms with Crippen molar-refractivity contribution in [1.29, 1.82) is 0 Å². The molecule has 0 spiro atoms. The normalized spacial score (nSPS) is 21.8. The lowest BCUT2D eigenvalue weighted by atomic mass is 9.80. The summed E-state index contributed by atoms with van der Waals surface area (Å²) in [5.41, 5.74) is 0.409. The van der Waals surface area contributed by atoms with Gasteiger partial charge in [-0.3, -0.25) is 0 Å². The van der Waals surface area contributed by atoms with E-state index in [9.17, 15) is 5.11 Å². The molecule has 1 rings (SSSR count). The number of hydrogen-bond acceptors (Lipinski definition) is 3. The minimum atomic E-state index is 0.357. The Labute approximate surface area is 119 Å². The van der Waals surface area contributed by atoms with Crippen molar-refractivity contribution in [2.75, 3.05) is 39.3 Å². The van der Waals surface area contributed by atoms with Crippen LogP contribution in [0.3, 0.4) is 0 Å². The maximum atomic E-state index is 9.36. The predicted molar refractivity (Wildman–Crippen MR) is 82.4 cm³/mol. The number of aliphatic hydroxyl groups excluding tert-OH is 1. The number of likely N-dealkylation sites (tertiary alicyclic amines) is 1. The molecule has 1 saturated heterocycles. The number of rotatable bonds is 9. The summed E-state index contributed by atoms with van der Waals surface area (Å²) in [4.78, 5) is 2.59. The first-order chi connectivity index (χ1) is 9.19. The monoisotopic (exact) mass is 270 g/mol. The quantitative estimate of drug-likeness (QED) is 0.632. The van der Waals surface area contributed by atoms with Crippen LogP contribution in [0.2, 0.25) is 0 Å². The average molecular weight is 270 g/mol. The highest BCUT2D eigenvalue weighted by Gasteiger charge is 2.30. The van der Waals surface area contributed by atoms with Crippen molar-refractivity contribution in [3.05, 3.63) is 0 Å². The second kappa shape index (κ2) is 8.93. The van der Waals surface area contributed by atoms with Crippen LogP contribution in [0.25, 0.3) is 0 Å². The molecule has 1 atom stereocenters. The Morgan fingerprint density at radius 3 is 2.58 bits per heavy atom. The van der Waals surface area contributed by atoms with Gasteiger partial charge in [0, 0.05) is 26.2 Å². The third-order valence-electron chi connectivity index (χ3n) is 4.85. The first-order valence-corrected chi connectivity index (χ1v) is 8.23. The third-order valence-corrected chi connectivity index (χ3v) is 4.85. The van der Waals surface area contributed by atoms with Crippen molar-refractivity contribution in [2.45, 2.75) is 52.9 Å². The SMILES string of the molecule is CCCNCC(CC)(CC)CN1CCCC(CO)C1. The molecule has 3 heteroatoms. The predicted octanol–water partition coefficient (Wildman–Crippen LogP) is 2.50. The summed E-state index contributed by atoms with van der Waals surface area (Å²) < 4.78 is 0. The van der Waals surface area contributed by atoms with Crippen LogP contribution in [0.15, 0.2) is 0 Å². The van der Waals surface area contributed by atoms with E-state index in [-0.39, 0.29) is 0 Å². The second-order valence-electron chi connectivity index (χ2n) is 6.31. The summed E-state index contributed by atoms with van der Waals surface area (Å²) >= 11 is 0. The Bertz CT molecular complexity index is 229. The van der Waals surface area contributed by atoms with Gasteiger partial charge in [-0.05, 0) is 56.5 Å². The van der Waals surface area contributed by atoms with E-state index in [1.807, 2.05) is 0 Å². The van der Waals surface area contributed by atoms with Crippen LogP contribution in [0.5, 0.6) is 0 Å². The highest BCUT2D eigenvalue weighted by atomic mass is 16.3. The maximum Gasteiger partial charge on any atom is 0.0471 e. The zero-order valence-electron chi connectivity index (χ0n) is 13.2. The fraction of sp³-hybridized carbons (Fsp3) is 1.00. The summed E-state index contributed by atoms with van der Waals surface area (Å²) in [5, 5.41) is 13.0. The van der Waals surface area contributed by atoms with Gasteiger partial charge in [-0.25, -0.2) is 0 Å². The Morgan fingerprint density at radius 1 is 1.26 bits per heavy atom. The van der Waals surface area contributed by atoms with Crippen molar-refractivity contribution < 1.29 is 5.11 Å². The maximum absolute atomic E-state index is 9.36. The molecule has 3 nitrogen and oxygen atoms in total. The fourth-order valence-electron chi connectivity index (χ4n) is 3.23. The number of nitrogens with zero attached hydrogens (tertiary/aromatic N) is 1. The fourth-order valence-corrected chi connectivity index (χ4v) is 3.23. The van der Waals surface area contributed by atoms with Crippen molar-refractivity contribution >= 4 is 0 Å². The molecule has 2 N–H and O–H groups in total. The van der Waals surface area contributed by atoms with E-state index in [4.69, 9.17) is 0 Å². The molecular weight excluding hydrogens is 236 g/mol. The van der Waals surface area contributed by atoms with Gasteiger partial charge in [0.05, 0.1) is 0 Å². The number of hydrogen-bond donors (Lipinski definition) is 2. The summed E-state index contributed by atoms with van der Waals surface area (Å²) in [6, 6.07) is 0. The standard InChI is InChI=1S/C16H34N2O/c1-4-9-17-13-16(5-2,6-3)14-18-10-7-8-15(11-18)12-19/h15,17,19H,4-14H2,1-3H3. The highest BCUT2D eigenvalue weighted by molar-refractivity contribution is 4.85. The zero-order valence-corrected chi connectivity index (χ0v) is 13.2. The van der Waals surface area contributed by atoms with Gasteiger partial charge in [0.1, 0.15) is 0 Å². The average Bonchev–Trinajstić information content (AvgIpc) is 2.46. The van der Waals surface area contributed by atoms with Gasteiger partial charge in [0.15, 0.2) is 0 Å². The molecule has 0 amide bonds. The first-order valence-electron chi connectivity index (χ1n) is 8.23. The van der Waals surface area contributed by atoms with Gasteiger partial charge in [0.25, 0.3) is 0 Å². The van der Waals surface area contributed by atoms with E-state index >= 15 is 0 Å². The van der Waals surface area contributed by atoms with Gasteiger partial charge < -0.3 is 15.3 Å². The molecule has 1 heterocycles. The van der Waals surface area contributed by atoms with E-state index in [0.29, 0.717) is 17.9 Å². The van der Waals surface area contributed by atoms with Crippen molar-refractivity contribution in [1.82, 2.24) is 10.2 Å². The Hall–Kier alpha value is -0.120. The minimum Gasteiger partial charge on any atom is -0.396 e. The van der Waals surface area contributed by atoms with Crippen LogP contribution in [0.4, 0.5) is 0 Å². The summed E-state index contributed by atoms with van der Waals surface area (Å²) in [6.45, 7) is 13.0. The molecule has 114 valence electrons. The highest BCUT2D eigenvalue weighted by Crippen LogP contribution is 2.29. The van der Waals surface area contributed by atoms with Crippen LogP contribution < -0.4 is 5.32 Å². The molecule has 0 aromatic rings. The molecule has 0 aromatic heterocycles. The summed E-state index contributed by atoms with van der Waals surface area (Å²) in [6.07, 6.45) is 6.13.